The Labute approximate surface area is 161 Å². The van der Waals surface area contributed by atoms with Gasteiger partial charge in [0.05, 0.1) is 10.6 Å². The molecule has 3 rings (SSSR count). The highest BCUT2D eigenvalue weighted by Crippen LogP contribution is 2.39. The molecule has 0 spiro atoms. The van der Waals surface area contributed by atoms with Gasteiger partial charge >= 0.3 is 0 Å². The second-order valence-electron chi connectivity index (χ2n) is 6.83. The molecule has 0 saturated heterocycles. The van der Waals surface area contributed by atoms with Crippen LogP contribution in [0.15, 0.2) is 36.5 Å². The summed E-state index contributed by atoms with van der Waals surface area (Å²) in [6, 6.07) is 7.11. The van der Waals surface area contributed by atoms with Gasteiger partial charge in [0.25, 0.3) is 5.91 Å². The van der Waals surface area contributed by atoms with Crippen molar-refractivity contribution < 1.29 is 14.0 Å². The van der Waals surface area contributed by atoms with Gasteiger partial charge in [0.15, 0.2) is 0 Å². The van der Waals surface area contributed by atoms with E-state index < -0.39 is 11.7 Å². The van der Waals surface area contributed by atoms with Gasteiger partial charge in [0.2, 0.25) is 5.91 Å². The number of aromatic nitrogens is 1. The van der Waals surface area contributed by atoms with Crippen LogP contribution in [0.3, 0.4) is 0 Å². The zero-order chi connectivity index (χ0) is 19.6. The number of pyridine rings is 1. The van der Waals surface area contributed by atoms with Crippen LogP contribution in [0.25, 0.3) is 0 Å². The predicted molar refractivity (Wildman–Crippen MR) is 102 cm³/mol. The molecule has 1 aromatic heterocycles. The fraction of sp³-hybridized carbons (Fsp3) is 0.316. The molecule has 2 atom stereocenters. The van der Waals surface area contributed by atoms with Crippen LogP contribution in [0.1, 0.15) is 16.8 Å². The number of amides is 2. The van der Waals surface area contributed by atoms with Gasteiger partial charge in [-0.25, -0.2) is 9.37 Å². The molecule has 1 fully saturated rings. The number of hydrogen-bond acceptors (Lipinski definition) is 4. The molecule has 0 aliphatic heterocycles. The summed E-state index contributed by atoms with van der Waals surface area (Å²) in [6.45, 7) is 0.866. The highest BCUT2D eigenvalue weighted by Gasteiger charge is 2.43. The van der Waals surface area contributed by atoms with Crippen molar-refractivity contribution in [3.63, 3.8) is 0 Å². The second-order valence-corrected chi connectivity index (χ2v) is 7.24. The van der Waals surface area contributed by atoms with E-state index >= 15 is 0 Å². The SMILES string of the molecule is CN(C)C[C@H]1C[C@H]1C(=O)Nc1cc(NC(=O)c2c(F)cccc2Cl)ccn1. The number of carbonyl (C=O) groups is 2. The molecular weight excluding hydrogens is 371 g/mol. The molecule has 1 aliphatic rings. The monoisotopic (exact) mass is 390 g/mol. The van der Waals surface area contributed by atoms with E-state index in [4.69, 9.17) is 11.6 Å². The Morgan fingerprint density at radius 2 is 2.07 bits per heavy atom. The summed E-state index contributed by atoms with van der Waals surface area (Å²) in [7, 11) is 3.95. The van der Waals surface area contributed by atoms with Gasteiger partial charge in [-0.1, -0.05) is 17.7 Å². The van der Waals surface area contributed by atoms with E-state index in [9.17, 15) is 14.0 Å². The zero-order valence-corrected chi connectivity index (χ0v) is 15.8. The average molecular weight is 391 g/mol. The number of anilines is 2. The molecule has 1 aromatic carbocycles. The number of rotatable bonds is 6. The Kier molecular flexibility index (Phi) is 5.72. The van der Waals surface area contributed by atoms with E-state index in [0.29, 0.717) is 17.4 Å². The quantitative estimate of drug-likeness (QED) is 0.794. The molecule has 2 aromatic rings. The summed E-state index contributed by atoms with van der Waals surface area (Å²) >= 11 is 5.91. The number of hydrogen-bond donors (Lipinski definition) is 2. The minimum Gasteiger partial charge on any atom is -0.322 e. The van der Waals surface area contributed by atoms with Crippen molar-refractivity contribution in [3.05, 3.63) is 52.9 Å². The third-order valence-corrected chi connectivity index (χ3v) is 4.63. The number of halogens is 2. The lowest BCUT2D eigenvalue weighted by atomic mass is 10.2. The van der Waals surface area contributed by atoms with Crippen LogP contribution in [-0.2, 0) is 4.79 Å². The zero-order valence-electron chi connectivity index (χ0n) is 15.0. The van der Waals surface area contributed by atoms with E-state index in [0.717, 1.165) is 13.0 Å². The Bertz CT molecular complexity index is 854. The lowest BCUT2D eigenvalue weighted by Crippen LogP contribution is -2.20. The smallest absolute Gasteiger partial charge is 0.260 e. The summed E-state index contributed by atoms with van der Waals surface area (Å²) in [5, 5.41) is 5.36. The van der Waals surface area contributed by atoms with E-state index in [-0.39, 0.29) is 22.4 Å². The number of carbonyl (C=O) groups excluding carboxylic acids is 2. The molecule has 1 saturated carbocycles. The number of benzene rings is 1. The van der Waals surface area contributed by atoms with Gasteiger partial charge in [0.1, 0.15) is 11.6 Å². The molecule has 0 bridgehead atoms. The van der Waals surface area contributed by atoms with Gasteiger partial charge in [-0.2, -0.15) is 0 Å². The van der Waals surface area contributed by atoms with Crippen LogP contribution >= 0.6 is 11.6 Å². The average Bonchev–Trinajstić information content (AvgIpc) is 3.33. The first-order valence-electron chi connectivity index (χ1n) is 8.52. The summed E-state index contributed by atoms with van der Waals surface area (Å²) in [5.74, 6) is -0.809. The lowest BCUT2D eigenvalue weighted by Gasteiger charge is -2.10. The third kappa shape index (κ3) is 4.81. The van der Waals surface area contributed by atoms with Crippen molar-refractivity contribution in [1.29, 1.82) is 0 Å². The Hall–Kier alpha value is -2.51. The van der Waals surface area contributed by atoms with Gasteiger partial charge in [-0.05, 0) is 44.6 Å². The Morgan fingerprint density at radius 3 is 2.78 bits per heavy atom. The minimum absolute atomic E-state index is 0.0235. The highest BCUT2D eigenvalue weighted by atomic mass is 35.5. The van der Waals surface area contributed by atoms with Crippen molar-refractivity contribution in [2.75, 3.05) is 31.3 Å². The first kappa shape index (κ1) is 19.3. The molecular formula is C19H20ClFN4O2. The number of nitrogens with one attached hydrogen (secondary N) is 2. The van der Waals surface area contributed by atoms with Crippen LogP contribution < -0.4 is 10.6 Å². The van der Waals surface area contributed by atoms with Crippen LogP contribution in [-0.4, -0.2) is 42.3 Å². The van der Waals surface area contributed by atoms with E-state index in [2.05, 4.69) is 20.5 Å². The molecule has 2 N–H and O–H groups in total. The van der Waals surface area contributed by atoms with Gasteiger partial charge in [-0.3, -0.25) is 9.59 Å². The summed E-state index contributed by atoms with van der Waals surface area (Å²) < 4.78 is 13.9. The minimum atomic E-state index is -0.705. The molecule has 8 heteroatoms. The van der Waals surface area contributed by atoms with Crippen LogP contribution in [0.5, 0.6) is 0 Å². The van der Waals surface area contributed by atoms with E-state index in [1.54, 1.807) is 6.07 Å². The molecule has 27 heavy (non-hydrogen) atoms. The molecule has 0 radical (unpaired) electrons. The molecule has 2 amide bonds. The highest BCUT2D eigenvalue weighted by molar-refractivity contribution is 6.34. The van der Waals surface area contributed by atoms with Crippen molar-refractivity contribution in [2.24, 2.45) is 11.8 Å². The first-order chi connectivity index (χ1) is 12.8. The Morgan fingerprint density at radius 1 is 1.30 bits per heavy atom. The molecule has 142 valence electrons. The topological polar surface area (TPSA) is 74.3 Å². The molecule has 1 heterocycles. The molecule has 6 nitrogen and oxygen atoms in total. The van der Waals surface area contributed by atoms with Crippen LogP contribution in [0.2, 0.25) is 5.02 Å². The predicted octanol–water partition coefficient (Wildman–Crippen LogP) is 3.26. The van der Waals surface area contributed by atoms with E-state index in [1.165, 1.54) is 30.5 Å². The Balaban J connectivity index is 1.64. The number of nitrogens with zero attached hydrogens (tertiary/aromatic N) is 2. The summed E-state index contributed by atoms with van der Waals surface area (Å²) in [6.07, 6.45) is 2.31. The maximum atomic E-state index is 13.9. The molecule has 1 aliphatic carbocycles. The van der Waals surface area contributed by atoms with Gasteiger partial charge in [-0.15, -0.1) is 0 Å². The van der Waals surface area contributed by atoms with Crippen molar-refractivity contribution in [3.8, 4) is 0 Å². The normalized spacial score (nSPS) is 18.3. The largest absolute Gasteiger partial charge is 0.322 e. The van der Waals surface area contributed by atoms with Crippen molar-refractivity contribution >= 4 is 34.9 Å². The lowest BCUT2D eigenvalue weighted by molar-refractivity contribution is -0.117. The van der Waals surface area contributed by atoms with E-state index in [1.807, 2.05) is 14.1 Å². The fourth-order valence-electron chi connectivity index (χ4n) is 2.94. The molecule has 0 unspecified atom stereocenters. The summed E-state index contributed by atoms with van der Waals surface area (Å²) in [5.41, 5.74) is 0.149. The van der Waals surface area contributed by atoms with Crippen molar-refractivity contribution in [2.45, 2.75) is 6.42 Å². The second kappa shape index (κ2) is 8.02. The maximum absolute atomic E-state index is 13.9. The van der Waals surface area contributed by atoms with Gasteiger partial charge in [0, 0.05) is 30.4 Å². The van der Waals surface area contributed by atoms with Crippen molar-refractivity contribution in [1.82, 2.24) is 9.88 Å². The van der Waals surface area contributed by atoms with Crippen LogP contribution in [0.4, 0.5) is 15.9 Å². The standard InChI is InChI=1S/C19H20ClFN4O2/c1-25(2)10-11-8-13(11)18(26)24-16-9-12(6-7-22-16)23-19(27)17-14(20)4-3-5-15(17)21/h3-7,9,11,13H,8,10H2,1-2H3,(H2,22,23,24,26,27)/t11-,13-/m1/s1. The fourth-order valence-corrected chi connectivity index (χ4v) is 3.19. The summed E-state index contributed by atoms with van der Waals surface area (Å²) in [4.78, 5) is 30.7. The third-order valence-electron chi connectivity index (χ3n) is 4.32. The van der Waals surface area contributed by atoms with Crippen LogP contribution in [0, 0.1) is 17.7 Å². The van der Waals surface area contributed by atoms with Gasteiger partial charge < -0.3 is 15.5 Å². The maximum Gasteiger partial charge on any atom is 0.260 e. The first-order valence-corrected chi connectivity index (χ1v) is 8.90.